The fourth-order valence-corrected chi connectivity index (χ4v) is 2.79. The van der Waals surface area contributed by atoms with Crippen LogP contribution in [0.25, 0.3) is 0 Å². The zero-order valence-corrected chi connectivity index (χ0v) is 17.0. The van der Waals surface area contributed by atoms with Crippen molar-refractivity contribution in [3.63, 3.8) is 0 Å². The maximum absolute atomic E-state index is 12.6. The van der Waals surface area contributed by atoms with Crippen LogP contribution in [0.3, 0.4) is 0 Å². The fourth-order valence-electron chi connectivity index (χ4n) is 2.16. The summed E-state index contributed by atoms with van der Waals surface area (Å²) in [6.45, 7) is 5.68. The van der Waals surface area contributed by atoms with Gasteiger partial charge in [-0.25, -0.2) is 0 Å². The van der Waals surface area contributed by atoms with Crippen molar-refractivity contribution in [2.75, 3.05) is 14.2 Å². The Hall–Kier alpha value is -2.00. The highest BCUT2D eigenvalue weighted by atomic mass is 79.9. The van der Waals surface area contributed by atoms with Gasteiger partial charge in [0.25, 0.3) is 5.56 Å². The Kier molecular flexibility index (Phi) is 5.79. The highest BCUT2D eigenvalue weighted by Gasteiger charge is 2.21. The third-order valence-electron chi connectivity index (χ3n) is 3.35. The second kappa shape index (κ2) is 7.49. The molecule has 0 aliphatic heterocycles. The van der Waals surface area contributed by atoms with E-state index in [9.17, 15) is 4.79 Å². The number of nitrogens with zero attached hydrogens (tertiary/aromatic N) is 3. The highest BCUT2D eigenvalue weighted by molar-refractivity contribution is 9.10. The topological polar surface area (TPSA) is 81.5 Å². The van der Waals surface area contributed by atoms with Crippen molar-refractivity contribution in [3.05, 3.63) is 43.0 Å². The third-order valence-corrected chi connectivity index (χ3v) is 4.07. The van der Waals surface area contributed by atoms with Crippen LogP contribution in [0.15, 0.2) is 26.5 Å². The van der Waals surface area contributed by atoms with Gasteiger partial charge in [-0.05, 0) is 24.4 Å². The lowest BCUT2D eigenvalue weighted by atomic mass is 9.93. The molecule has 0 atom stereocenters. The molecule has 7 nitrogen and oxygen atoms in total. The predicted molar refractivity (Wildman–Crippen MR) is 103 cm³/mol. The number of hydrogen-bond donors (Lipinski definition) is 1. The van der Waals surface area contributed by atoms with E-state index in [1.165, 1.54) is 13.3 Å². The lowest BCUT2D eigenvalue weighted by molar-refractivity contribution is 0.354. The molecule has 2 rings (SSSR count). The lowest BCUT2D eigenvalue weighted by Crippen LogP contribution is -2.32. The van der Waals surface area contributed by atoms with Crippen molar-refractivity contribution < 1.29 is 9.47 Å². The van der Waals surface area contributed by atoms with Gasteiger partial charge in [0.15, 0.2) is 11.5 Å². The molecular formula is C16H19BrN4O3S. The summed E-state index contributed by atoms with van der Waals surface area (Å²) in [6.07, 6.45) is 1.49. The number of aromatic amines is 1. The Labute approximate surface area is 158 Å². The van der Waals surface area contributed by atoms with Gasteiger partial charge in [-0.15, -0.1) is 0 Å². The van der Waals surface area contributed by atoms with Crippen molar-refractivity contribution in [3.8, 4) is 11.5 Å². The number of ether oxygens (including phenoxy) is 2. The molecular weight excluding hydrogens is 408 g/mol. The molecule has 9 heteroatoms. The minimum atomic E-state index is -0.440. The zero-order chi connectivity index (χ0) is 18.8. The molecule has 1 aromatic carbocycles. The van der Waals surface area contributed by atoms with E-state index >= 15 is 0 Å². The van der Waals surface area contributed by atoms with Gasteiger partial charge in [0.05, 0.1) is 20.4 Å². The molecule has 1 aromatic heterocycles. The Morgan fingerprint density at radius 2 is 2.00 bits per heavy atom. The molecule has 2 aromatic rings. The fraction of sp³-hybridized carbons (Fsp3) is 0.375. The summed E-state index contributed by atoms with van der Waals surface area (Å²) in [6, 6.07) is 3.58. The first-order valence-electron chi connectivity index (χ1n) is 7.37. The summed E-state index contributed by atoms with van der Waals surface area (Å²) < 4.78 is 12.7. The SMILES string of the molecule is COc1cc(Br)cc(/C=N\n2c(=S)[nH]nc(C(C)(C)C)c2=O)c1OC. The number of hydrogen-bond acceptors (Lipinski definition) is 6. The third kappa shape index (κ3) is 4.16. The first-order chi connectivity index (χ1) is 11.7. The highest BCUT2D eigenvalue weighted by Crippen LogP contribution is 2.33. The molecule has 1 N–H and O–H groups in total. The molecule has 0 unspecified atom stereocenters. The molecule has 0 spiro atoms. The molecule has 0 aliphatic rings. The predicted octanol–water partition coefficient (Wildman–Crippen LogP) is 3.26. The number of halogens is 1. The second-order valence-electron chi connectivity index (χ2n) is 6.22. The van der Waals surface area contributed by atoms with E-state index < -0.39 is 5.41 Å². The van der Waals surface area contributed by atoms with Crippen LogP contribution in [0.2, 0.25) is 0 Å². The van der Waals surface area contributed by atoms with Crippen molar-refractivity contribution >= 4 is 34.4 Å². The van der Waals surface area contributed by atoms with E-state index in [0.29, 0.717) is 22.8 Å². The van der Waals surface area contributed by atoms with Crippen molar-refractivity contribution in [2.24, 2.45) is 5.10 Å². The molecule has 1 heterocycles. The molecule has 0 fully saturated rings. The summed E-state index contributed by atoms with van der Waals surface area (Å²) in [4.78, 5) is 12.6. The molecule has 0 saturated heterocycles. The standard InChI is InChI=1S/C16H19BrN4O3S/c1-16(2,3)13-14(22)21(15(25)20-19-13)18-8-9-6-10(17)7-11(23-4)12(9)24-5/h6-8H,1-5H3,(H,20,25)/b18-8-. The van der Waals surface area contributed by atoms with Gasteiger partial charge in [0.1, 0.15) is 5.69 Å². The molecule has 0 radical (unpaired) electrons. The van der Waals surface area contributed by atoms with Crippen LogP contribution in [-0.4, -0.2) is 35.3 Å². The van der Waals surface area contributed by atoms with E-state index in [0.717, 1.165) is 9.15 Å². The Bertz CT molecular complexity index is 928. The summed E-state index contributed by atoms with van der Waals surface area (Å²) >= 11 is 8.55. The Morgan fingerprint density at radius 1 is 1.32 bits per heavy atom. The number of nitrogens with one attached hydrogen (secondary N) is 1. The Morgan fingerprint density at radius 3 is 2.56 bits per heavy atom. The van der Waals surface area contributed by atoms with Gasteiger partial charge < -0.3 is 9.47 Å². The largest absolute Gasteiger partial charge is 0.493 e. The minimum absolute atomic E-state index is 0.107. The quantitative estimate of drug-likeness (QED) is 0.599. The molecule has 0 amide bonds. The van der Waals surface area contributed by atoms with Gasteiger partial charge >= 0.3 is 0 Å². The van der Waals surface area contributed by atoms with Gasteiger partial charge in [-0.1, -0.05) is 36.7 Å². The number of rotatable bonds is 4. The number of methoxy groups -OCH3 is 2. The summed E-state index contributed by atoms with van der Waals surface area (Å²) in [5, 5.41) is 10.9. The maximum atomic E-state index is 12.6. The number of benzene rings is 1. The van der Waals surface area contributed by atoms with Gasteiger partial charge in [0, 0.05) is 15.5 Å². The summed E-state index contributed by atoms with van der Waals surface area (Å²) in [5.74, 6) is 1.04. The zero-order valence-electron chi connectivity index (χ0n) is 14.6. The van der Waals surface area contributed by atoms with E-state index in [1.54, 1.807) is 19.2 Å². The van der Waals surface area contributed by atoms with Crippen LogP contribution in [0, 0.1) is 4.77 Å². The molecule has 0 saturated carbocycles. The average Bonchev–Trinajstić information content (AvgIpc) is 2.52. The molecule has 0 bridgehead atoms. The van der Waals surface area contributed by atoms with E-state index in [1.807, 2.05) is 20.8 Å². The normalized spacial score (nSPS) is 11.8. The average molecular weight is 427 g/mol. The summed E-state index contributed by atoms with van der Waals surface area (Å²) in [7, 11) is 3.08. The van der Waals surface area contributed by atoms with Gasteiger partial charge in [0.2, 0.25) is 4.77 Å². The first kappa shape index (κ1) is 19.3. The molecule has 0 aliphatic carbocycles. The monoisotopic (exact) mass is 426 g/mol. The number of aromatic nitrogens is 3. The lowest BCUT2D eigenvalue weighted by Gasteiger charge is -2.16. The van der Waals surface area contributed by atoms with Gasteiger partial charge in [-0.2, -0.15) is 14.9 Å². The van der Waals surface area contributed by atoms with Crippen molar-refractivity contribution in [1.82, 2.24) is 14.9 Å². The minimum Gasteiger partial charge on any atom is -0.493 e. The smallest absolute Gasteiger partial charge is 0.297 e. The van der Waals surface area contributed by atoms with Crippen LogP contribution in [0.5, 0.6) is 11.5 Å². The van der Waals surface area contributed by atoms with Crippen molar-refractivity contribution in [2.45, 2.75) is 26.2 Å². The van der Waals surface area contributed by atoms with Crippen LogP contribution in [-0.2, 0) is 5.41 Å². The van der Waals surface area contributed by atoms with Crippen LogP contribution in [0.1, 0.15) is 32.0 Å². The van der Waals surface area contributed by atoms with E-state index in [4.69, 9.17) is 21.7 Å². The molecule has 25 heavy (non-hydrogen) atoms. The van der Waals surface area contributed by atoms with Crippen molar-refractivity contribution in [1.29, 1.82) is 0 Å². The Balaban J connectivity index is 2.60. The van der Waals surface area contributed by atoms with Crippen LogP contribution in [0.4, 0.5) is 0 Å². The molecule has 134 valence electrons. The van der Waals surface area contributed by atoms with E-state index in [2.05, 4.69) is 31.2 Å². The maximum Gasteiger partial charge on any atom is 0.297 e. The number of H-pyrrole nitrogens is 1. The van der Waals surface area contributed by atoms with Crippen LogP contribution < -0.4 is 15.0 Å². The van der Waals surface area contributed by atoms with E-state index in [-0.39, 0.29) is 10.3 Å². The van der Waals surface area contributed by atoms with Crippen LogP contribution >= 0.6 is 28.1 Å². The first-order valence-corrected chi connectivity index (χ1v) is 8.57. The van der Waals surface area contributed by atoms with Gasteiger partial charge in [-0.3, -0.25) is 9.89 Å². The summed E-state index contributed by atoms with van der Waals surface area (Å²) in [5.41, 5.74) is 0.166. The second-order valence-corrected chi connectivity index (χ2v) is 7.52.